The van der Waals surface area contributed by atoms with Gasteiger partial charge in [-0.2, -0.15) is 0 Å². The van der Waals surface area contributed by atoms with Crippen molar-refractivity contribution >= 4 is 32.2 Å². The third-order valence-corrected chi connectivity index (χ3v) is 5.63. The highest BCUT2D eigenvalue weighted by molar-refractivity contribution is 7.92. The van der Waals surface area contributed by atoms with Crippen molar-refractivity contribution in [2.24, 2.45) is 0 Å². The maximum atomic E-state index is 12.8. The number of nitrogens with zero attached hydrogens (tertiary/aromatic N) is 2. The summed E-state index contributed by atoms with van der Waals surface area (Å²) in [6.07, 6.45) is 3.35. The summed E-state index contributed by atoms with van der Waals surface area (Å²) in [6.45, 7) is 1.32. The first-order valence-electron chi connectivity index (χ1n) is 7.88. The van der Waals surface area contributed by atoms with Crippen molar-refractivity contribution in [2.45, 2.75) is 4.90 Å². The molecule has 0 saturated carbocycles. The van der Waals surface area contributed by atoms with Crippen LogP contribution in [0.15, 0.2) is 59.8 Å². The third kappa shape index (κ3) is 2.87. The van der Waals surface area contributed by atoms with Crippen molar-refractivity contribution < 1.29 is 13.2 Å². The van der Waals surface area contributed by atoms with Gasteiger partial charge in [0.15, 0.2) is 0 Å². The van der Waals surface area contributed by atoms with Gasteiger partial charge in [-0.05, 0) is 24.3 Å². The average molecular weight is 355 g/mol. The first-order valence-corrected chi connectivity index (χ1v) is 9.36. The lowest BCUT2D eigenvalue weighted by Gasteiger charge is -2.27. The summed E-state index contributed by atoms with van der Waals surface area (Å²) in [6, 6.07) is 12.2. The monoisotopic (exact) mass is 355 g/mol. The smallest absolute Gasteiger partial charge is 0.262 e. The van der Waals surface area contributed by atoms with Gasteiger partial charge >= 0.3 is 0 Å². The van der Waals surface area contributed by atoms with Crippen LogP contribution >= 0.6 is 0 Å². The molecule has 2 heterocycles. The molecular formula is C18H17N3O3S. The molecule has 0 radical (unpaired) electrons. The van der Waals surface area contributed by atoms with Gasteiger partial charge in [-0.25, -0.2) is 8.42 Å². The van der Waals surface area contributed by atoms with E-state index in [2.05, 4.69) is 9.71 Å². The maximum Gasteiger partial charge on any atom is 0.262 e. The molecule has 7 heteroatoms. The lowest BCUT2D eigenvalue weighted by atomic mass is 10.1. The molecule has 0 saturated heterocycles. The molecule has 1 aromatic heterocycles. The number of anilines is 2. The molecule has 0 spiro atoms. The predicted octanol–water partition coefficient (Wildman–Crippen LogP) is 2.86. The Bertz CT molecular complexity index is 1050. The molecule has 1 N–H and O–H groups in total. The summed E-state index contributed by atoms with van der Waals surface area (Å²) < 4.78 is 33.9. The zero-order valence-electron chi connectivity index (χ0n) is 13.6. The lowest BCUT2D eigenvalue weighted by Crippen LogP contribution is -2.29. The van der Waals surface area contributed by atoms with Crippen LogP contribution in [-0.4, -0.2) is 33.6 Å². The van der Waals surface area contributed by atoms with Gasteiger partial charge in [0, 0.05) is 36.3 Å². The van der Waals surface area contributed by atoms with Gasteiger partial charge < -0.3 is 9.64 Å². The van der Waals surface area contributed by atoms with Gasteiger partial charge in [-0.15, -0.1) is 0 Å². The highest BCUT2D eigenvalue weighted by Gasteiger charge is 2.21. The number of pyridine rings is 1. The minimum absolute atomic E-state index is 0.174. The predicted molar refractivity (Wildman–Crippen MR) is 97.8 cm³/mol. The minimum Gasteiger partial charge on any atom is -0.490 e. The Balaban J connectivity index is 1.72. The highest BCUT2D eigenvalue weighted by atomic mass is 32.2. The fraction of sp³-hybridized carbons (Fsp3) is 0.167. The summed E-state index contributed by atoms with van der Waals surface area (Å²) >= 11 is 0. The van der Waals surface area contributed by atoms with Crippen molar-refractivity contribution in [3.8, 4) is 5.75 Å². The van der Waals surface area contributed by atoms with Crippen LogP contribution in [0, 0.1) is 0 Å². The van der Waals surface area contributed by atoms with Crippen molar-refractivity contribution in [3.05, 3.63) is 54.9 Å². The van der Waals surface area contributed by atoms with Crippen LogP contribution in [0.5, 0.6) is 5.75 Å². The standard InChI is InChI=1S/C18H17N3O3S/c1-21-9-10-24-18-11-14(5-6-17(18)21)25(22,23)20-16-4-2-3-13-12-19-8-7-15(13)16/h2-8,11-12,20H,9-10H2,1H3. The second-order valence-electron chi connectivity index (χ2n) is 5.91. The largest absolute Gasteiger partial charge is 0.490 e. The summed E-state index contributed by atoms with van der Waals surface area (Å²) in [5.41, 5.74) is 1.41. The molecule has 0 unspecified atom stereocenters. The Morgan fingerprint density at radius 3 is 2.96 bits per heavy atom. The number of nitrogens with one attached hydrogen (secondary N) is 1. The molecule has 2 aromatic carbocycles. The zero-order chi connectivity index (χ0) is 17.4. The van der Waals surface area contributed by atoms with E-state index in [1.807, 2.05) is 18.0 Å². The molecule has 3 aromatic rings. The van der Waals surface area contributed by atoms with Crippen LogP contribution in [0.2, 0.25) is 0 Å². The Labute approximate surface area is 146 Å². The molecule has 0 amide bonds. The lowest BCUT2D eigenvalue weighted by molar-refractivity contribution is 0.310. The normalized spacial score (nSPS) is 14.0. The minimum atomic E-state index is -3.72. The van der Waals surface area contributed by atoms with E-state index in [9.17, 15) is 8.42 Å². The second kappa shape index (κ2) is 5.93. The van der Waals surface area contributed by atoms with Crippen LogP contribution in [0.4, 0.5) is 11.4 Å². The average Bonchev–Trinajstić information content (AvgIpc) is 2.62. The van der Waals surface area contributed by atoms with Gasteiger partial charge in [-0.3, -0.25) is 9.71 Å². The molecule has 6 nitrogen and oxygen atoms in total. The van der Waals surface area contributed by atoms with Crippen molar-refractivity contribution in [2.75, 3.05) is 29.8 Å². The molecule has 25 heavy (non-hydrogen) atoms. The zero-order valence-corrected chi connectivity index (χ0v) is 14.5. The number of fused-ring (bicyclic) bond motifs is 2. The summed E-state index contributed by atoms with van der Waals surface area (Å²) in [5, 5.41) is 1.67. The molecule has 0 aliphatic carbocycles. The Morgan fingerprint density at radius 1 is 1.20 bits per heavy atom. The quantitative estimate of drug-likeness (QED) is 0.782. The van der Waals surface area contributed by atoms with Crippen LogP contribution in [0.25, 0.3) is 10.8 Å². The van der Waals surface area contributed by atoms with Crippen molar-refractivity contribution in [1.29, 1.82) is 0 Å². The molecule has 1 aliphatic heterocycles. The number of aromatic nitrogens is 1. The second-order valence-corrected chi connectivity index (χ2v) is 7.59. The van der Waals surface area contributed by atoms with Gasteiger partial charge in [0.1, 0.15) is 12.4 Å². The summed E-state index contributed by atoms with van der Waals surface area (Å²) in [5.74, 6) is 0.582. The number of likely N-dealkylation sites (N-methyl/N-ethyl adjacent to an activating group) is 1. The van der Waals surface area contributed by atoms with E-state index in [0.29, 0.717) is 18.0 Å². The first kappa shape index (κ1) is 15.7. The van der Waals surface area contributed by atoms with E-state index >= 15 is 0 Å². The van der Waals surface area contributed by atoms with E-state index in [1.54, 1.807) is 48.8 Å². The van der Waals surface area contributed by atoms with Crippen molar-refractivity contribution in [1.82, 2.24) is 4.98 Å². The number of rotatable bonds is 3. The van der Waals surface area contributed by atoms with E-state index in [4.69, 9.17) is 4.74 Å². The van der Waals surface area contributed by atoms with Gasteiger partial charge in [0.05, 0.1) is 22.8 Å². The van der Waals surface area contributed by atoms with Crippen LogP contribution in [0.1, 0.15) is 0 Å². The van der Waals surface area contributed by atoms with Gasteiger partial charge in [-0.1, -0.05) is 12.1 Å². The summed E-state index contributed by atoms with van der Waals surface area (Å²) in [4.78, 5) is 6.28. The van der Waals surface area contributed by atoms with E-state index in [1.165, 1.54) is 0 Å². The molecule has 1 aliphatic rings. The number of sulfonamides is 1. The molecule has 0 fully saturated rings. The third-order valence-electron chi connectivity index (χ3n) is 4.26. The number of hydrogen-bond donors (Lipinski definition) is 1. The number of ether oxygens (including phenoxy) is 1. The molecule has 0 atom stereocenters. The number of benzene rings is 2. The number of hydrogen-bond acceptors (Lipinski definition) is 5. The van der Waals surface area contributed by atoms with Gasteiger partial charge in [0.25, 0.3) is 10.0 Å². The highest BCUT2D eigenvalue weighted by Crippen LogP contribution is 2.33. The topological polar surface area (TPSA) is 71.5 Å². The fourth-order valence-electron chi connectivity index (χ4n) is 2.92. The van der Waals surface area contributed by atoms with E-state index < -0.39 is 10.0 Å². The molecule has 0 bridgehead atoms. The van der Waals surface area contributed by atoms with E-state index in [-0.39, 0.29) is 4.90 Å². The van der Waals surface area contributed by atoms with Crippen LogP contribution < -0.4 is 14.4 Å². The fourth-order valence-corrected chi connectivity index (χ4v) is 4.02. The molecule has 4 rings (SSSR count). The Morgan fingerprint density at radius 2 is 2.08 bits per heavy atom. The van der Waals surface area contributed by atoms with Crippen molar-refractivity contribution in [3.63, 3.8) is 0 Å². The van der Waals surface area contributed by atoms with Gasteiger partial charge in [0.2, 0.25) is 0 Å². The van der Waals surface area contributed by atoms with E-state index in [0.717, 1.165) is 23.0 Å². The van der Waals surface area contributed by atoms with Crippen LogP contribution in [-0.2, 0) is 10.0 Å². The molecule has 128 valence electrons. The first-order chi connectivity index (χ1) is 12.0. The molecular weight excluding hydrogens is 338 g/mol. The Hall–Kier alpha value is -2.80. The maximum absolute atomic E-state index is 12.8. The Kier molecular flexibility index (Phi) is 3.73. The SMILES string of the molecule is CN1CCOc2cc(S(=O)(=O)Nc3cccc4cnccc34)ccc21. The van der Waals surface area contributed by atoms with Crippen LogP contribution in [0.3, 0.4) is 0 Å². The summed E-state index contributed by atoms with van der Waals surface area (Å²) in [7, 11) is -1.77.